The predicted molar refractivity (Wildman–Crippen MR) is 53.6 cm³/mol. The van der Waals surface area contributed by atoms with Gasteiger partial charge in [-0.2, -0.15) is 0 Å². The second-order valence-electron chi connectivity index (χ2n) is 2.78. The van der Waals surface area contributed by atoms with Crippen molar-refractivity contribution in [1.82, 2.24) is 0 Å². The van der Waals surface area contributed by atoms with Crippen LogP contribution in [0.2, 0.25) is 0 Å². The van der Waals surface area contributed by atoms with Crippen molar-refractivity contribution in [2.45, 2.75) is 26.4 Å². The zero-order chi connectivity index (χ0) is 12.6. The minimum atomic E-state index is -1.40. The minimum absolute atomic E-state index is 0.0934. The molecule has 0 amide bonds. The van der Waals surface area contributed by atoms with Gasteiger partial charge < -0.3 is 14.6 Å². The Balaban J connectivity index is 4.47. The lowest BCUT2D eigenvalue weighted by Gasteiger charge is -2.13. The summed E-state index contributed by atoms with van der Waals surface area (Å²) in [6.45, 7) is 3.26. The number of carboxylic acids is 1. The number of hydrogen-bond acceptors (Lipinski definition) is 5. The number of ether oxygens (including phenoxy) is 2. The fourth-order valence-corrected chi connectivity index (χ4v) is 0.882. The zero-order valence-corrected chi connectivity index (χ0v) is 9.13. The zero-order valence-electron chi connectivity index (χ0n) is 9.13. The first-order valence-electron chi connectivity index (χ1n) is 4.73. The van der Waals surface area contributed by atoms with Crippen LogP contribution in [0.1, 0.15) is 20.3 Å². The van der Waals surface area contributed by atoms with Crippen LogP contribution in [0.3, 0.4) is 0 Å². The molecule has 1 atom stereocenters. The van der Waals surface area contributed by atoms with E-state index in [1.165, 1.54) is 6.08 Å². The number of hydrogen-bond donors (Lipinski definition) is 1. The molecule has 0 aliphatic carbocycles. The summed E-state index contributed by atoms with van der Waals surface area (Å²) in [5.41, 5.74) is 0. The van der Waals surface area contributed by atoms with Crippen molar-refractivity contribution in [1.29, 1.82) is 0 Å². The summed E-state index contributed by atoms with van der Waals surface area (Å²) in [4.78, 5) is 32.7. The molecule has 0 saturated carbocycles. The van der Waals surface area contributed by atoms with Crippen LogP contribution < -0.4 is 0 Å². The summed E-state index contributed by atoms with van der Waals surface area (Å²) in [6, 6.07) is 0. The summed E-state index contributed by atoms with van der Waals surface area (Å²) in [7, 11) is 0. The van der Waals surface area contributed by atoms with Gasteiger partial charge in [0.15, 0.2) is 0 Å². The molecule has 16 heavy (non-hydrogen) atoms. The van der Waals surface area contributed by atoms with Crippen molar-refractivity contribution >= 4 is 17.9 Å². The van der Waals surface area contributed by atoms with Gasteiger partial charge in [-0.25, -0.2) is 9.59 Å². The van der Waals surface area contributed by atoms with Crippen molar-refractivity contribution < 1.29 is 29.0 Å². The van der Waals surface area contributed by atoms with Crippen LogP contribution >= 0.6 is 0 Å². The highest BCUT2D eigenvalue weighted by molar-refractivity contribution is 5.87. The Labute approximate surface area is 92.8 Å². The molecule has 0 fully saturated rings. The third-order valence-corrected chi connectivity index (χ3v) is 1.47. The molecule has 1 N–H and O–H groups in total. The van der Waals surface area contributed by atoms with Crippen LogP contribution in [-0.4, -0.2) is 35.7 Å². The first-order chi connectivity index (χ1) is 7.51. The lowest BCUT2D eigenvalue weighted by atomic mass is 10.2. The molecule has 6 nitrogen and oxygen atoms in total. The standard InChI is InChI=1S/C10H14O6/c1-3-5-9(13)16-7(6-8(11)12)10(14)15-4-2/h3,5,7H,4,6H2,1-2H3,(H,11,12). The van der Waals surface area contributed by atoms with Gasteiger partial charge in [0.1, 0.15) is 0 Å². The Morgan fingerprint density at radius 1 is 1.38 bits per heavy atom. The molecule has 0 aliphatic rings. The molecule has 0 aromatic carbocycles. The Bertz CT molecular complexity index is 294. The van der Waals surface area contributed by atoms with Crippen molar-refractivity contribution in [3.63, 3.8) is 0 Å². The Hall–Kier alpha value is -1.85. The number of rotatable bonds is 6. The first kappa shape index (κ1) is 14.2. The molecule has 0 radical (unpaired) electrons. The fourth-order valence-electron chi connectivity index (χ4n) is 0.882. The number of allylic oxidation sites excluding steroid dienone is 1. The van der Waals surface area contributed by atoms with Gasteiger partial charge in [0.2, 0.25) is 6.10 Å². The van der Waals surface area contributed by atoms with Crippen LogP contribution in [0, 0.1) is 0 Å². The Morgan fingerprint density at radius 2 is 2.00 bits per heavy atom. The van der Waals surface area contributed by atoms with E-state index in [0.717, 1.165) is 6.08 Å². The highest BCUT2D eigenvalue weighted by Gasteiger charge is 2.26. The smallest absolute Gasteiger partial charge is 0.348 e. The quantitative estimate of drug-likeness (QED) is 0.528. The average molecular weight is 230 g/mol. The second kappa shape index (κ2) is 7.44. The van der Waals surface area contributed by atoms with Crippen LogP contribution in [0.4, 0.5) is 0 Å². The van der Waals surface area contributed by atoms with Crippen molar-refractivity contribution in [2.75, 3.05) is 6.61 Å². The monoisotopic (exact) mass is 230 g/mol. The molecule has 0 aliphatic heterocycles. The molecule has 0 heterocycles. The molecule has 6 heteroatoms. The molecular formula is C10H14O6. The van der Waals surface area contributed by atoms with E-state index < -0.39 is 30.4 Å². The maximum atomic E-state index is 11.2. The third-order valence-electron chi connectivity index (χ3n) is 1.47. The van der Waals surface area contributed by atoms with Gasteiger partial charge in [-0.05, 0) is 13.8 Å². The highest BCUT2D eigenvalue weighted by Crippen LogP contribution is 2.03. The van der Waals surface area contributed by atoms with E-state index in [1.807, 2.05) is 0 Å². The molecule has 0 rings (SSSR count). The van der Waals surface area contributed by atoms with Crippen molar-refractivity contribution in [3.8, 4) is 0 Å². The van der Waals surface area contributed by atoms with E-state index in [0.29, 0.717) is 0 Å². The summed E-state index contributed by atoms with van der Waals surface area (Å²) >= 11 is 0. The fraction of sp³-hybridized carbons (Fsp3) is 0.500. The normalized spacial score (nSPS) is 12.1. The van der Waals surface area contributed by atoms with E-state index in [-0.39, 0.29) is 6.61 Å². The Kier molecular flexibility index (Phi) is 6.58. The lowest BCUT2D eigenvalue weighted by molar-refractivity contribution is -0.168. The number of carbonyl (C=O) groups is 3. The van der Waals surface area contributed by atoms with Gasteiger partial charge in [0.05, 0.1) is 13.0 Å². The molecule has 0 aromatic heterocycles. The van der Waals surface area contributed by atoms with E-state index in [9.17, 15) is 14.4 Å². The van der Waals surface area contributed by atoms with Crippen molar-refractivity contribution in [2.24, 2.45) is 0 Å². The van der Waals surface area contributed by atoms with E-state index in [2.05, 4.69) is 9.47 Å². The topological polar surface area (TPSA) is 89.9 Å². The highest BCUT2D eigenvalue weighted by atomic mass is 16.6. The molecule has 0 aromatic rings. The van der Waals surface area contributed by atoms with Crippen LogP contribution in [0.15, 0.2) is 12.2 Å². The summed E-state index contributed by atoms with van der Waals surface area (Å²) < 4.78 is 9.22. The largest absolute Gasteiger partial charge is 0.481 e. The average Bonchev–Trinajstić information content (AvgIpc) is 2.16. The van der Waals surface area contributed by atoms with Crippen LogP contribution in [-0.2, 0) is 23.9 Å². The third kappa shape index (κ3) is 5.79. The molecular weight excluding hydrogens is 216 g/mol. The van der Waals surface area contributed by atoms with E-state index >= 15 is 0 Å². The van der Waals surface area contributed by atoms with Gasteiger partial charge in [0, 0.05) is 6.08 Å². The summed E-state index contributed by atoms with van der Waals surface area (Å²) in [5, 5.41) is 8.53. The van der Waals surface area contributed by atoms with Crippen LogP contribution in [0.5, 0.6) is 0 Å². The minimum Gasteiger partial charge on any atom is -0.481 e. The van der Waals surface area contributed by atoms with Gasteiger partial charge in [0.25, 0.3) is 0 Å². The molecule has 0 bridgehead atoms. The second-order valence-corrected chi connectivity index (χ2v) is 2.78. The SMILES string of the molecule is CC=CC(=O)OC(CC(=O)O)C(=O)OCC. The number of esters is 2. The number of aliphatic carboxylic acids is 1. The first-order valence-corrected chi connectivity index (χ1v) is 4.73. The summed E-state index contributed by atoms with van der Waals surface area (Å²) in [5.74, 6) is -2.88. The van der Waals surface area contributed by atoms with Gasteiger partial charge in [-0.3, -0.25) is 4.79 Å². The van der Waals surface area contributed by atoms with E-state index in [1.54, 1.807) is 13.8 Å². The van der Waals surface area contributed by atoms with Gasteiger partial charge >= 0.3 is 17.9 Å². The molecule has 0 spiro atoms. The maximum Gasteiger partial charge on any atom is 0.348 e. The van der Waals surface area contributed by atoms with Gasteiger partial charge in [-0.1, -0.05) is 6.08 Å². The van der Waals surface area contributed by atoms with Gasteiger partial charge in [-0.15, -0.1) is 0 Å². The molecule has 0 saturated heterocycles. The Morgan fingerprint density at radius 3 is 2.44 bits per heavy atom. The van der Waals surface area contributed by atoms with E-state index in [4.69, 9.17) is 5.11 Å². The van der Waals surface area contributed by atoms with Crippen molar-refractivity contribution in [3.05, 3.63) is 12.2 Å². The molecule has 90 valence electrons. The number of carbonyl (C=O) groups excluding carboxylic acids is 2. The predicted octanol–water partition coefficient (Wildman–Crippen LogP) is 0.512. The number of carboxylic acid groups (broad SMARTS) is 1. The maximum absolute atomic E-state index is 11.2. The summed E-state index contributed by atoms with van der Waals surface area (Å²) in [6.07, 6.45) is 0.503. The molecule has 1 unspecified atom stereocenters. The lowest BCUT2D eigenvalue weighted by Crippen LogP contribution is -2.31. The van der Waals surface area contributed by atoms with Crippen LogP contribution in [0.25, 0.3) is 0 Å².